The van der Waals surface area contributed by atoms with Crippen LogP contribution in [0.25, 0.3) is 0 Å². The van der Waals surface area contributed by atoms with E-state index in [1.54, 1.807) is 0 Å². The number of Topliss-reactive ketones (excluding diaryl/α,β-unsaturated/α-hetero) is 1. The average molecular weight is 166 g/mol. The highest BCUT2D eigenvalue weighted by Gasteiger charge is 2.41. The summed E-state index contributed by atoms with van der Waals surface area (Å²) in [6, 6.07) is 0. The van der Waals surface area contributed by atoms with Crippen LogP contribution in [0.5, 0.6) is 0 Å². The quantitative estimate of drug-likeness (QED) is 0.547. The van der Waals surface area contributed by atoms with Gasteiger partial charge in [0.25, 0.3) is 0 Å². The van der Waals surface area contributed by atoms with E-state index in [9.17, 15) is 4.79 Å². The van der Waals surface area contributed by atoms with Crippen molar-refractivity contribution in [1.82, 2.24) is 0 Å². The average Bonchev–Trinajstić information content (AvgIpc) is 2.08. The summed E-state index contributed by atoms with van der Waals surface area (Å²) in [7, 11) is 0. The maximum Gasteiger partial charge on any atom is 0.145 e. The van der Waals surface area contributed by atoms with Gasteiger partial charge in [-0.25, -0.2) is 0 Å². The molecule has 1 rings (SSSR count). The van der Waals surface area contributed by atoms with E-state index >= 15 is 0 Å². The highest BCUT2D eigenvalue weighted by atomic mass is 16.1. The Morgan fingerprint density at radius 1 is 1.50 bits per heavy atom. The maximum atomic E-state index is 11.8. The third-order valence-corrected chi connectivity index (χ3v) is 3.46. The second-order valence-corrected chi connectivity index (χ2v) is 4.23. The molecule has 0 aromatic carbocycles. The standard InChI is InChI=1S/C11H18O/c1-5-11(4)9(3)7-6-8(2)10(11)12/h5,8-9H,1,6-7H2,2-4H3. The van der Waals surface area contributed by atoms with Crippen LogP contribution in [0.3, 0.4) is 0 Å². The molecule has 0 amide bonds. The topological polar surface area (TPSA) is 17.1 Å². The van der Waals surface area contributed by atoms with Crippen molar-refractivity contribution in [1.29, 1.82) is 0 Å². The third-order valence-electron chi connectivity index (χ3n) is 3.46. The molecule has 0 aliphatic heterocycles. The van der Waals surface area contributed by atoms with E-state index < -0.39 is 0 Å². The first-order valence-corrected chi connectivity index (χ1v) is 4.70. The lowest BCUT2D eigenvalue weighted by atomic mass is 9.64. The first-order valence-electron chi connectivity index (χ1n) is 4.70. The van der Waals surface area contributed by atoms with Crippen molar-refractivity contribution in [3.63, 3.8) is 0 Å². The number of carbonyl (C=O) groups is 1. The number of allylic oxidation sites excluding steroid dienone is 1. The molecular formula is C11H18O. The molecule has 0 radical (unpaired) electrons. The number of hydrogen-bond donors (Lipinski definition) is 0. The maximum absolute atomic E-state index is 11.8. The number of rotatable bonds is 1. The van der Waals surface area contributed by atoms with Gasteiger partial charge in [0.2, 0.25) is 0 Å². The normalized spacial score (nSPS) is 42.8. The lowest BCUT2D eigenvalue weighted by Gasteiger charge is -2.38. The molecule has 1 aliphatic carbocycles. The molecule has 1 fully saturated rings. The first kappa shape index (κ1) is 9.50. The van der Waals surface area contributed by atoms with Gasteiger partial charge in [0.05, 0.1) is 0 Å². The Kier molecular flexibility index (Phi) is 2.41. The zero-order valence-corrected chi connectivity index (χ0v) is 8.26. The predicted molar refractivity (Wildman–Crippen MR) is 50.9 cm³/mol. The van der Waals surface area contributed by atoms with Gasteiger partial charge >= 0.3 is 0 Å². The van der Waals surface area contributed by atoms with E-state index in [4.69, 9.17) is 0 Å². The highest BCUT2D eigenvalue weighted by molar-refractivity contribution is 5.89. The van der Waals surface area contributed by atoms with Crippen molar-refractivity contribution in [2.75, 3.05) is 0 Å². The van der Waals surface area contributed by atoms with Crippen LogP contribution in [-0.2, 0) is 4.79 Å². The number of hydrogen-bond acceptors (Lipinski definition) is 1. The van der Waals surface area contributed by atoms with Crippen LogP contribution < -0.4 is 0 Å². The van der Waals surface area contributed by atoms with Crippen molar-refractivity contribution < 1.29 is 4.79 Å². The largest absolute Gasteiger partial charge is 0.298 e. The predicted octanol–water partition coefficient (Wildman–Crippen LogP) is 2.81. The van der Waals surface area contributed by atoms with E-state index in [0.29, 0.717) is 11.7 Å². The number of ketones is 1. The molecule has 0 spiro atoms. The summed E-state index contributed by atoms with van der Waals surface area (Å²) in [6.07, 6.45) is 4.02. The van der Waals surface area contributed by atoms with Crippen molar-refractivity contribution in [2.45, 2.75) is 33.6 Å². The van der Waals surface area contributed by atoms with Gasteiger partial charge in [-0.1, -0.05) is 19.9 Å². The second-order valence-electron chi connectivity index (χ2n) is 4.23. The Bertz CT molecular complexity index is 207. The molecule has 3 unspecified atom stereocenters. The Hall–Kier alpha value is -0.590. The fraction of sp³-hybridized carbons (Fsp3) is 0.727. The van der Waals surface area contributed by atoms with Gasteiger partial charge in [0.1, 0.15) is 5.78 Å². The molecule has 1 aliphatic rings. The molecule has 1 saturated carbocycles. The fourth-order valence-corrected chi connectivity index (χ4v) is 2.01. The molecule has 0 aromatic rings. The lowest BCUT2D eigenvalue weighted by molar-refractivity contribution is -0.134. The zero-order valence-electron chi connectivity index (χ0n) is 8.26. The number of carbonyl (C=O) groups excluding carboxylic acids is 1. The fourth-order valence-electron chi connectivity index (χ4n) is 2.01. The summed E-state index contributed by atoms with van der Waals surface area (Å²) in [6.45, 7) is 9.96. The van der Waals surface area contributed by atoms with E-state index in [0.717, 1.165) is 12.8 Å². The summed E-state index contributed by atoms with van der Waals surface area (Å²) in [5.41, 5.74) is -0.266. The van der Waals surface area contributed by atoms with E-state index in [2.05, 4.69) is 13.5 Å². The van der Waals surface area contributed by atoms with Crippen LogP contribution in [0.4, 0.5) is 0 Å². The van der Waals surface area contributed by atoms with Crippen LogP contribution >= 0.6 is 0 Å². The first-order chi connectivity index (χ1) is 5.52. The molecular weight excluding hydrogens is 148 g/mol. The molecule has 0 aromatic heterocycles. The Labute approximate surface area is 74.9 Å². The highest BCUT2D eigenvalue weighted by Crippen LogP contribution is 2.41. The van der Waals surface area contributed by atoms with Crippen LogP contribution in [0.2, 0.25) is 0 Å². The summed E-state index contributed by atoms with van der Waals surface area (Å²) in [5, 5.41) is 0. The summed E-state index contributed by atoms with van der Waals surface area (Å²) >= 11 is 0. The smallest absolute Gasteiger partial charge is 0.145 e. The van der Waals surface area contributed by atoms with E-state index in [-0.39, 0.29) is 11.3 Å². The van der Waals surface area contributed by atoms with Crippen LogP contribution in [0.15, 0.2) is 12.7 Å². The molecule has 12 heavy (non-hydrogen) atoms. The van der Waals surface area contributed by atoms with Crippen molar-refractivity contribution in [3.8, 4) is 0 Å². The van der Waals surface area contributed by atoms with E-state index in [1.807, 2.05) is 19.9 Å². The van der Waals surface area contributed by atoms with E-state index in [1.165, 1.54) is 0 Å². The minimum Gasteiger partial charge on any atom is -0.298 e. The molecule has 0 bridgehead atoms. The summed E-state index contributed by atoms with van der Waals surface area (Å²) in [4.78, 5) is 11.8. The zero-order chi connectivity index (χ0) is 9.35. The van der Waals surface area contributed by atoms with Crippen molar-refractivity contribution in [3.05, 3.63) is 12.7 Å². The SMILES string of the molecule is C=CC1(C)C(=O)C(C)CCC1C. The van der Waals surface area contributed by atoms with Crippen LogP contribution in [-0.4, -0.2) is 5.78 Å². The molecule has 1 heteroatoms. The van der Waals surface area contributed by atoms with Gasteiger partial charge < -0.3 is 0 Å². The Morgan fingerprint density at radius 2 is 2.08 bits per heavy atom. The minimum atomic E-state index is -0.266. The minimum absolute atomic E-state index is 0.226. The van der Waals surface area contributed by atoms with Gasteiger partial charge in [-0.05, 0) is 25.7 Å². The molecule has 0 saturated heterocycles. The van der Waals surface area contributed by atoms with Gasteiger partial charge in [-0.3, -0.25) is 4.79 Å². The van der Waals surface area contributed by atoms with Crippen molar-refractivity contribution in [2.24, 2.45) is 17.3 Å². The summed E-state index contributed by atoms with van der Waals surface area (Å²) in [5.74, 6) is 1.05. The monoisotopic (exact) mass is 166 g/mol. The summed E-state index contributed by atoms with van der Waals surface area (Å²) < 4.78 is 0. The molecule has 68 valence electrons. The molecule has 0 heterocycles. The lowest BCUT2D eigenvalue weighted by Crippen LogP contribution is -2.40. The van der Waals surface area contributed by atoms with Gasteiger partial charge in [0.15, 0.2) is 0 Å². The molecule has 1 nitrogen and oxygen atoms in total. The van der Waals surface area contributed by atoms with Gasteiger partial charge in [0, 0.05) is 11.3 Å². The Balaban J connectivity index is 2.93. The van der Waals surface area contributed by atoms with Crippen LogP contribution in [0.1, 0.15) is 33.6 Å². The van der Waals surface area contributed by atoms with Crippen LogP contribution in [0, 0.1) is 17.3 Å². The second kappa shape index (κ2) is 3.04. The molecule has 0 N–H and O–H groups in total. The molecule has 3 atom stereocenters. The van der Waals surface area contributed by atoms with Gasteiger partial charge in [-0.2, -0.15) is 0 Å². The van der Waals surface area contributed by atoms with Gasteiger partial charge in [-0.15, -0.1) is 6.58 Å². The Morgan fingerprint density at radius 3 is 2.50 bits per heavy atom. The van der Waals surface area contributed by atoms with Crippen molar-refractivity contribution >= 4 is 5.78 Å². The third kappa shape index (κ3) is 1.21.